The van der Waals surface area contributed by atoms with Crippen LogP contribution in [-0.4, -0.2) is 45.3 Å². The fourth-order valence-corrected chi connectivity index (χ4v) is 4.86. The summed E-state index contributed by atoms with van der Waals surface area (Å²) in [4.78, 5) is 15.1. The molecule has 0 aliphatic carbocycles. The highest BCUT2D eigenvalue weighted by Crippen LogP contribution is 2.36. The van der Waals surface area contributed by atoms with E-state index in [0.717, 1.165) is 24.0 Å². The van der Waals surface area contributed by atoms with E-state index in [1.165, 1.54) is 0 Å². The maximum absolute atomic E-state index is 12.8. The first-order chi connectivity index (χ1) is 15.5. The summed E-state index contributed by atoms with van der Waals surface area (Å²) in [5, 5.41) is 15.8. The number of carbonyl (C=O) groups excluding carboxylic acids is 1. The van der Waals surface area contributed by atoms with Crippen molar-refractivity contribution >= 4 is 23.3 Å². The minimum Gasteiger partial charge on any atom is -0.444 e. The van der Waals surface area contributed by atoms with Gasteiger partial charge in [-0.3, -0.25) is 4.90 Å². The van der Waals surface area contributed by atoms with Crippen LogP contribution in [0.25, 0.3) is 0 Å². The largest absolute Gasteiger partial charge is 0.444 e. The molecule has 0 unspecified atom stereocenters. The number of nitrogens with zero attached hydrogens (tertiary/aromatic N) is 1. The van der Waals surface area contributed by atoms with Gasteiger partial charge in [0.25, 0.3) is 0 Å². The van der Waals surface area contributed by atoms with Gasteiger partial charge in [0.05, 0.1) is 17.1 Å². The Labute approximate surface area is 203 Å². The Morgan fingerprint density at radius 2 is 1.58 bits per heavy atom. The SMILES string of the molecule is CC(C)[C@H](NC(=S)[C@@H]1CCCN1C(=O)OC(C)(C)C)C(O)(c1ccccc1)c1ccccc1. The van der Waals surface area contributed by atoms with E-state index >= 15 is 0 Å². The molecule has 178 valence electrons. The second-order valence-corrected chi connectivity index (χ2v) is 10.5. The first-order valence-corrected chi connectivity index (χ1v) is 12.1. The van der Waals surface area contributed by atoms with Crippen molar-refractivity contribution in [1.29, 1.82) is 0 Å². The van der Waals surface area contributed by atoms with Crippen LogP contribution in [0.1, 0.15) is 58.6 Å². The third kappa shape index (κ3) is 5.74. The Balaban J connectivity index is 1.92. The van der Waals surface area contributed by atoms with Gasteiger partial charge in [-0.25, -0.2) is 4.79 Å². The maximum atomic E-state index is 12.8. The second-order valence-electron chi connectivity index (χ2n) is 10.1. The molecule has 1 heterocycles. The second kappa shape index (κ2) is 10.2. The smallest absolute Gasteiger partial charge is 0.410 e. The normalized spacial score (nSPS) is 17.7. The summed E-state index contributed by atoms with van der Waals surface area (Å²) in [6, 6.07) is 18.7. The van der Waals surface area contributed by atoms with Crippen molar-refractivity contribution in [3.8, 4) is 0 Å². The van der Waals surface area contributed by atoms with Crippen LogP contribution in [0, 0.1) is 5.92 Å². The van der Waals surface area contributed by atoms with Crippen LogP contribution < -0.4 is 5.32 Å². The first-order valence-electron chi connectivity index (χ1n) is 11.7. The summed E-state index contributed by atoms with van der Waals surface area (Å²) in [5.74, 6) is 0.0461. The van der Waals surface area contributed by atoms with E-state index in [9.17, 15) is 9.90 Å². The van der Waals surface area contributed by atoms with Gasteiger partial charge in [0.15, 0.2) is 0 Å². The minimum atomic E-state index is -1.31. The zero-order valence-electron chi connectivity index (χ0n) is 20.2. The molecule has 1 saturated heterocycles. The van der Waals surface area contributed by atoms with Gasteiger partial charge in [0.2, 0.25) is 0 Å². The fourth-order valence-electron chi connectivity index (χ4n) is 4.49. The van der Waals surface area contributed by atoms with Crippen LogP contribution in [0.3, 0.4) is 0 Å². The Bertz CT molecular complexity index is 901. The number of thiocarbonyl (C=S) groups is 1. The molecule has 2 N–H and O–H groups in total. The third-order valence-electron chi connectivity index (χ3n) is 6.03. The average Bonchev–Trinajstić information content (AvgIpc) is 3.27. The molecule has 1 aliphatic rings. The molecule has 3 rings (SSSR count). The van der Waals surface area contributed by atoms with Gasteiger partial charge in [-0.1, -0.05) is 86.7 Å². The van der Waals surface area contributed by atoms with Crippen LogP contribution in [0.4, 0.5) is 4.79 Å². The number of hydrogen-bond acceptors (Lipinski definition) is 4. The summed E-state index contributed by atoms with van der Waals surface area (Å²) in [5.41, 5.74) is -0.294. The van der Waals surface area contributed by atoms with E-state index in [1.807, 2.05) is 81.4 Å². The lowest BCUT2D eigenvalue weighted by Gasteiger charge is -2.41. The zero-order chi connectivity index (χ0) is 24.2. The molecular formula is C27H36N2O3S. The molecule has 0 saturated carbocycles. The van der Waals surface area contributed by atoms with Crippen LogP contribution >= 0.6 is 12.2 Å². The number of ether oxygens (including phenoxy) is 1. The molecule has 5 nitrogen and oxygen atoms in total. The maximum Gasteiger partial charge on any atom is 0.410 e. The van der Waals surface area contributed by atoms with Crippen molar-refractivity contribution in [2.24, 2.45) is 5.92 Å². The van der Waals surface area contributed by atoms with Gasteiger partial charge in [-0.15, -0.1) is 0 Å². The highest BCUT2D eigenvalue weighted by Gasteiger charge is 2.44. The predicted octanol–water partition coefficient (Wildman–Crippen LogP) is 5.26. The van der Waals surface area contributed by atoms with E-state index in [-0.39, 0.29) is 18.1 Å². The molecule has 2 aromatic rings. The zero-order valence-corrected chi connectivity index (χ0v) is 21.1. The van der Waals surface area contributed by atoms with E-state index in [2.05, 4.69) is 19.2 Å². The molecule has 0 bridgehead atoms. The van der Waals surface area contributed by atoms with Crippen molar-refractivity contribution in [1.82, 2.24) is 10.2 Å². The Kier molecular flexibility index (Phi) is 7.80. The van der Waals surface area contributed by atoms with Gasteiger partial charge in [0.1, 0.15) is 11.2 Å². The van der Waals surface area contributed by atoms with Gasteiger partial charge in [0, 0.05) is 6.54 Å². The molecule has 1 fully saturated rings. The highest BCUT2D eigenvalue weighted by atomic mass is 32.1. The van der Waals surface area contributed by atoms with E-state index in [1.54, 1.807) is 4.90 Å². The molecule has 33 heavy (non-hydrogen) atoms. The topological polar surface area (TPSA) is 61.8 Å². The average molecular weight is 469 g/mol. The number of aliphatic hydroxyl groups is 1. The molecule has 0 spiro atoms. The van der Waals surface area contributed by atoms with Gasteiger partial charge < -0.3 is 15.2 Å². The van der Waals surface area contributed by atoms with Crippen LogP contribution in [0.15, 0.2) is 60.7 Å². The quantitative estimate of drug-likeness (QED) is 0.566. The molecule has 0 radical (unpaired) electrons. The number of rotatable bonds is 6. The van der Waals surface area contributed by atoms with Gasteiger partial charge in [-0.05, 0) is 50.7 Å². The minimum absolute atomic E-state index is 0.0461. The predicted molar refractivity (Wildman–Crippen MR) is 136 cm³/mol. The monoisotopic (exact) mass is 468 g/mol. The molecule has 0 aromatic heterocycles. The Hall–Kier alpha value is -2.44. The van der Waals surface area contributed by atoms with Gasteiger partial charge in [-0.2, -0.15) is 0 Å². The van der Waals surface area contributed by atoms with Crippen molar-refractivity contribution in [2.75, 3.05) is 6.54 Å². The number of benzene rings is 2. The standard InChI is InChI=1S/C27H36N2O3S/c1-19(2)23(27(31,20-13-8-6-9-14-20)21-15-10-7-11-16-21)28-24(33)22-17-12-18-29(22)25(30)32-26(3,4)5/h6-11,13-16,19,22-23,31H,12,17-18H2,1-5H3,(H,28,33)/t22-,23-/m0/s1. The van der Waals surface area contributed by atoms with E-state index in [4.69, 9.17) is 17.0 Å². The molecule has 1 amide bonds. The van der Waals surface area contributed by atoms with Crippen molar-refractivity contribution in [3.05, 3.63) is 71.8 Å². The number of nitrogens with one attached hydrogen (secondary N) is 1. The Morgan fingerprint density at radius 1 is 1.06 bits per heavy atom. The lowest BCUT2D eigenvalue weighted by molar-refractivity contribution is 0.0231. The van der Waals surface area contributed by atoms with Crippen molar-refractivity contribution < 1.29 is 14.6 Å². The summed E-state index contributed by atoms with van der Waals surface area (Å²) >= 11 is 5.84. The van der Waals surface area contributed by atoms with E-state index in [0.29, 0.717) is 11.5 Å². The summed E-state index contributed by atoms with van der Waals surface area (Å²) in [7, 11) is 0. The highest BCUT2D eigenvalue weighted by molar-refractivity contribution is 7.80. The number of carbonyl (C=O) groups is 1. The molecule has 1 aliphatic heterocycles. The Morgan fingerprint density at radius 3 is 2.03 bits per heavy atom. The third-order valence-corrected chi connectivity index (χ3v) is 6.42. The summed E-state index contributed by atoms with van der Waals surface area (Å²) in [6.45, 7) is 10.3. The molecule has 6 heteroatoms. The summed E-state index contributed by atoms with van der Waals surface area (Å²) < 4.78 is 5.61. The number of amides is 1. The lowest BCUT2D eigenvalue weighted by atomic mass is 9.75. The van der Waals surface area contributed by atoms with Gasteiger partial charge >= 0.3 is 6.09 Å². The van der Waals surface area contributed by atoms with Crippen molar-refractivity contribution in [2.45, 2.75) is 70.7 Å². The first kappa shape index (κ1) is 25.2. The van der Waals surface area contributed by atoms with Crippen LogP contribution in [-0.2, 0) is 10.3 Å². The molecule has 2 atom stereocenters. The summed E-state index contributed by atoms with van der Waals surface area (Å²) in [6.07, 6.45) is 1.28. The number of likely N-dealkylation sites (tertiary alicyclic amines) is 1. The fraction of sp³-hybridized carbons (Fsp3) is 0.481. The number of hydrogen-bond donors (Lipinski definition) is 2. The van der Waals surface area contributed by atoms with Crippen molar-refractivity contribution in [3.63, 3.8) is 0 Å². The van der Waals surface area contributed by atoms with Crippen LogP contribution in [0.5, 0.6) is 0 Å². The van der Waals surface area contributed by atoms with Crippen LogP contribution in [0.2, 0.25) is 0 Å². The van der Waals surface area contributed by atoms with E-state index < -0.39 is 17.2 Å². The molecular weight excluding hydrogens is 432 g/mol. The molecule has 2 aromatic carbocycles. The lowest BCUT2D eigenvalue weighted by Crippen LogP contribution is -2.57.